The largest absolute Gasteiger partial charge is 0.294 e. The van der Waals surface area contributed by atoms with Crippen LogP contribution in [0.4, 0.5) is 5.69 Å². The van der Waals surface area contributed by atoms with Gasteiger partial charge in [-0.25, -0.2) is 0 Å². The van der Waals surface area contributed by atoms with Gasteiger partial charge in [-0.1, -0.05) is 13.3 Å². The van der Waals surface area contributed by atoms with Crippen molar-refractivity contribution in [2.45, 2.75) is 26.2 Å². The van der Waals surface area contributed by atoms with E-state index in [4.69, 9.17) is 0 Å². The molecule has 4 nitrogen and oxygen atoms in total. The number of Topliss-reactive ketones (excluding diaryl/α,β-unsaturated/α-hetero) is 1. The molecule has 5 heteroatoms. The van der Waals surface area contributed by atoms with Crippen LogP contribution in [0.1, 0.15) is 36.5 Å². The molecule has 0 unspecified atom stereocenters. The Hall–Kier alpha value is -1.23. The van der Waals surface area contributed by atoms with Gasteiger partial charge in [-0.05, 0) is 34.5 Å². The average molecular weight is 286 g/mol. The number of nitro benzene ring substituents is 1. The molecule has 0 N–H and O–H groups in total. The van der Waals surface area contributed by atoms with E-state index in [1.807, 2.05) is 6.92 Å². The van der Waals surface area contributed by atoms with Crippen LogP contribution >= 0.6 is 15.9 Å². The molecule has 16 heavy (non-hydrogen) atoms. The normalized spacial score (nSPS) is 10.1. The summed E-state index contributed by atoms with van der Waals surface area (Å²) in [6, 6.07) is 4.47. The van der Waals surface area contributed by atoms with Crippen molar-refractivity contribution in [1.29, 1.82) is 0 Å². The van der Waals surface area contributed by atoms with Gasteiger partial charge in [0, 0.05) is 18.1 Å². The van der Waals surface area contributed by atoms with Crippen molar-refractivity contribution in [2.75, 3.05) is 0 Å². The van der Waals surface area contributed by atoms with Gasteiger partial charge in [-0.15, -0.1) is 0 Å². The Morgan fingerprint density at radius 1 is 1.50 bits per heavy atom. The Balaban J connectivity index is 2.94. The third kappa shape index (κ3) is 3.13. The number of hydrogen-bond acceptors (Lipinski definition) is 3. The lowest BCUT2D eigenvalue weighted by atomic mass is 10.1. The first-order valence-corrected chi connectivity index (χ1v) is 5.82. The van der Waals surface area contributed by atoms with Crippen molar-refractivity contribution in [3.8, 4) is 0 Å². The first-order chi connectivity index (χ1) is 7.56. The predicted octanol–water partition coefficient (Wildman–Crippen LogP) is 3.73. The van der Waals surface area contributed by atoms with E-state index < -0.39 is 4.92 Å². The first kappa shape index (κ1) is 12.8. The minimum absolute atomic E-state index is 0.0440. The molecule has 0 fully saturated rings. The highest BCUT2D eigenvalue weighted by molar-refractivity contribution is 9.10. The number of carbonyl (C=O) groups excluding carboxylic acids is 1. The minimum atomic E-state index is -0.499. The van der Waals surface area contributed by atoms with Gasteiger partial charge >= 0.3 is 0 Å². The van der Waals surface area contributed by atoms with Gasteiger partial charge in [0.05, 0.1) is 9.40 Å². The number of nitrogens with zero attached hydrogens (tertiary/aromatic N) is 1. The van der Waals surface area contributed by atoms with Gasteiger partial charge in [-0.2, -0.15) is 0 Å². The summed E-state index contributed by atoms with van der Waals surface area (Å²) in [4.78, 5) is 21.8. The highest BCUT2D eigenvalue weighted by atomic mass is 79.9. The zero-order valence-electron chi connectivity index (χ0n) is 8.90. The van der Waals surface area contributed by atoms with Gasteiger partial charge in [0.25, 0.3) is 5.69 Å². The molecule has 0 saturated carbocycles. The van der Waals surface area contributed by atoms with Gasteiger partial charge in [0.2, 0.25) is 0 Å². The lowest BCUT2D eigenvalue weighted by Crippen LogP contribution is -2.00. The molecule has 0 aliphatic heterocycles. The molecule has 0 heterocycles. The fraction of sp³-hybridized carbons (Fsp3) is 0.364. The molecule has 0 bridgehead atoms. The van der Waals surface area contributed by atoms with E-state index in [-0.39, 0.29) is 11.5 Å². The third-order valence-corrected chi connectivity index (χ3v) is 2.89. The lowest BCUT2D eigenvalue weighted by Gasteiger charge is -2.01. The number of benzene rings is 1. The fourth-order valence-electron chi connectivity index (χ4n) is 1.31. The molecule has 0 spiro atoms. The van der Waals surface area contributed by atoms with E-state index in [0.717, 1.165) is 12.8 Å². The maximum atomic E-state index is 11.7. The second-order valence-electron chi connectivity index (χ2n) is 3.45. The van der Waals surface area contributed by atoms with Gasteiger partial charge in [-0.3, -0.25) is 14.9 Å². The quantitative estimate of drug-likeness (QED) is 0.470. The van der Waals surface area contributed by atoms with Crippen LogP contribution in [0.15, 0.2) is 22.7 Å². The molecular weight excluding hydrogens is 274 g/mol. The molecule has 1 aromatic carbocycles. The molecule has 0 aliphatic carbocycles. The fourth-order valence-corrected chi connectivity index (χ4v) is 1.70. The molecule has 1 rings (SSSR count). The second-order valence-corrected chi connectivity index (χ2v) is 4.30. The second kappa shape index (κ2) is 5.75. The third-order valence-electron chi connectivity index (χ3n) is 2.22. The van der Waals surface area contributed by atoms with Crippen molar-refractivity contribution in [3.63, 3.8) is 0 Å². The summed E-state index contributed by atoms with van der Waals surface area (Å²) in [5.41, 5.74) is 0.339. The lowest BCUT2D eigenvalue weighted by molar-refractivity contribution is -0.385. The van der Waals surface area contributed by atoms with E-state index in [0.29, 0.717) is 16.5 Å². The average Bonchev–Trinajstić information content (AvgIpc) is 2.26. The summed E-state index contributed by atoms with van der Waals surface area (Å²) in [5.74, 6) is -0.0440. The summed E-state index contributed by atoms with van der Waals surface area (Å²) < 4.78 is 0.393. The maximum Gasteiger partial charge on any atom is 0.284 e. The first-order valence-electron chi connectivity index (χ1n) is 5.03. The molecule has 0 saturated heterocycles. The molecule has 1 aromatic rings. The Morgan fingerprint density at radius 2 is 2.19 bits per heavy atom. The number of carbonyl (C=O) groups is 1. The highest BCUT2D eigenvalue weighted by Gasteiger charge is 2.15. The van der Waals surface area contributed by atoms with Gasteiger partial charge < -0.3 is 0 Å². The molecule has 0 atom stereocenters. The number of halogens is 1. The predicted molar refractivity (Wildman–Crippen MR) is 64.7 cm³/mol. The van der Waals surface area contributed by atoms with E-state index in [2.05, 4.69) is 15.9 Å². The number of ketones is 1. The summed E-state index contributed by atoms with van der Waals surface area (Å²) in [5, 5.41) is 10.7. The van der Waals surface area contributed by atoms with Crippen LogP contribution in [0.25, 0.3) is 0 Å². The zero-order chi connectivity index (χ0) is 12.1. The molecule has 0 aliphatic rings. The number of hydrogen-bond donors (Lipinski definition) is 0. The van der Waals surface area contributed by atoms with Crippen LogP contribution in [0.2, 0.25) is 0 Å². The number of nitro groups is 1. The zero-order valence-corrected chi connectivity index (χ0v) is 10.5. The van der Waals surface area contributed by atoms with Crippen molar-refractivity contribution in [2.24, 2.45) is 0 Å². The maximum absolute atomic E-state index is 11.7. The van der Waals surface area contributed by atoms with Crippen molar-refractivity contribution in [1.82, 2.24) is 0 Å². The Morgan fingerprint density at radius 3 is 2.75 bits per heavy atom. The molecular formula is C11H12BrNO3. The van der Waals surface area contributed by atoms with Crippen molar-refractivity contribution in [3.05, 3.63) is 38.3 Å². The number of unbranched alkanes of at least 4 members (excludes halogenated alkanes) is 1. The Bertz CT molecular complexity index is 418. The minimum Gasteiger partial charge on any atom is -0.294 e. The molecule has 0 radical (unpaired) electrons. The van der Waals surface area contributed by atoms with Crippen LogP contribution in [-0.2, 0) is 0 Å². The molecule has 0 amide bonds. The summed E-state index contributed by atoms with van der Waals surface area (Å²) in [6.45, 7) is 2.00. The van der Waals surface area contributed by atoms with Gasteiger partial charge in [0.15, 0.2) is 5.78 Å². The Labute approximate surface area is 102 Å². The summed E-state index contributed by atoms with van der Waals surface area (Å²) in [7, 11) is 0. The topological polar surface area (TPSA) is 60.2 Å². The van der Waals surface area contributed by atoms with E-state index in [9.17, 15) is 14.9 Å². The molecule has 0 aromatic heterocycles. The monoisotopic (exact) mass is 285 g/mol. The van der Waals surface area contributed by atoms with Crippen LogP contribution in [0.5, 0.6) is 0 Å². The SMILES string of the molecule is CCCCC(=O)c1ccc(Br)c([N+](=O)[O-])c1. The molecule has 86 valence electrons. The number of rotatable bonds is 5. The smallest absolute Gasteiger partial charge is 0.284 e. The summed E-state index contributed by atoms with van der Waals surface area (Å²) >= 11 is 3.08. The van der Waals surface area contributed by atoms with Gasteiger partial charge in [0.1, 0.15) is 0 Å². The highest BCUT2D eigenvalue weighted by Crippen LogP contribution is 2.26. The van der Waals surface area contributed by atoms with E-state index in [1.54, 1.807) is 6.07 Å². The van der Waals surface area contributed by atoms with Crippen LogP contribution in [-0.4, -0.2) is 10.7 Å². The van der Waals surface area contributed by atoms with Crippen molar-refractivity contribution < 1.29 is 9.72 Å². The standard InChI is InChI=1S/C11H12BrNO3/c1-2-3-4-11(14)8-5-6-9(12)10(7-8)13(15)16/h5-7H,2-4H2,1H3. The van der Waals surface area contributed by atoms with Crippen LogP contribution < -0.4 is 0 Å². The van der Waals surface area contributed by atoms with Crippen LogP contribution in [0.3, 0.4) is 0 Å². The van der Waals surface area contributed by atoms with Crippen molar-refractivity contribution >= 4 is 27.4 Å². The summed E-state index contributed by atoms with van der Waals surface area (Å²) in [6.07, 6.45) is 2.18. The van der Waals surface area contributed by atoms with Crippen LogP contribution in [0, 0.1) is 10.1 Å². The van der Waals surface area contributed by atoms with E-state index in [1.165, 1.54) is 12.1 Å². The Kier molecular flexibility index (Phi) is 4.61. The van der Waals surface area contributed by atoms with E-state index >= 15 is 0 Å².